The molecule has 58 valence electrons. The lowest BCUT2D eigenvalue weighted by Gasteiger charge is -2.38. The van der Waals surface area contributed by atoms with Gasteiger partial charge in [-0.2, -0.15) is 0 Å². The lowest BCUT2D eigenvalue weighted by Crippen LogP contribution is -2.44. The first kappa shape index (κ1) is 6.62. The van der Waals surface area contributed by atoms with Crippen molar-refractivity contribution in [2.75, 3.05) is 19.9 Å². The lowest BCUT2D eigenvalue weighted by molar-refractivity contribution is -0.0607. The molecule has 0 aromatic carbocycles. The van der Waals surface area contributed by atoms with Crippen molar-refractivity contribution >= 4 is 0 Å². The van der Waals surface area contributed by atoms with E-state index in [1.54, 1.807) is 0 Å². The van der Waals surface area contributed by atoms with Crippen molar-refractivity contribution in [2.24, 2.45) is 0 Å². The number of nitrogens with zero attached hydrogens (tertiary/aromatic N) is 1. The van der Waals surface area contributed by atoms with Crippen LogP contribution in [0.15, 0.2) is 0 Å². The van der Waals surface area contributed by atoms with E-state index in [9.17, 15) is 0 Å². The highest BCUT2D eigenvalue weighted by atomic mass is 16.5. The SMILES string of the molecule is C1CCN2COCC[C@@H]2C1. The minimum Gasteiger partial charge on any atom is -0.366 e. The Kier molecular flexibility index (Phi) is 1.91. The highest BCUT2D eigenvalue weighted by Gasteiger charge is 2.24. The van der Waals surface area contributed by atoms with Crippen LogP contribution < -0.4 is 0 Å². The highest BCUT2D eigenvalue weighted by molar-refractivity contribution is 4.76. The van der Waals surface area contributed by atoms with Gasteiger partial charge in [-0.25, -0.2) is 0 Å². The maximum absolute atomic E-state index is 5.36. The van der Waals surface area contributed by atoms with Gasteiger partial charge in [-0.05, 0) is 19.3 Å². The monoisotopic (exact) mass is 141 g/mol. The molecule has 0 saturated carbocycles. The Morgan fingerprint density at radius 3 is 3.10 bits per heavy atom. The first-order valence-electron chi connectivity index (χ1n) is 4.28. The van der Waals surface area contributed by atoms with Crippen LogP contribution in [0.1, 0.15) is 25.7 Å². The van der Waals surface area contributed by atoms with Crippen LogP contribution in [0.3, 0.4) is 0 Å². The zero-order valence-electron chi connectivity index (χ0n) is 6.38. The summed E-state index contributed by atoms with van der Waals surface area (Å²) < 4.78 is 5.36. The Morgan fingerprint density at radius 1 is 1.20 bits per heavy atom. The van der Waals surface area contributed by atoms with E-state index < -0.39 is 0 Å². The van der Waals surface area contributed by atoms with Crippen LogP contribution in [0, 0.1) is 0 Å². The minimum atomic E-state index is 0.863. The van der Waals surface area contributed by atoms with Gasteiger partial charge in [-0.3, -0.25) is 4.90 Å². The Hall–Kier alpha value is -0.0800. The van der Waals surface area contributed by atoms with Crippen LogP contribution in [-0.2, 0) is 4.74 Å². The molecule has 0 aromatic rings. The van der Waals surface area contributed by atoms with Crippen molar-refractivity contribution in [2.45, 2.75) is 31.7 Å². The van der Waals surface area contributed by atoms with Gasteiger partial charge in [-0.15, -0.1) is 0 Å². The third kappa shape index (κ3) is 1.18. The second-order valence-corrected chi connectivity index (χ2v) is 3.29. The molecule has 0 bridgehead atoms. The third-order valence-electron chi connectivity index (χ3n) is 2.60. The van der Waals surface area contributed by atoms with Gasteiger partial charge in [0.2, 0.25) is 0 Å². The predicted octanol–water partition coefficient (Wildman–Crippen LogP) is 1.22. The molecule has 1 atom stereocenters. The van der Waals surface area contributed by atoms with Crippen molar-refractivity contribution in [3.63, 3.8) is 0 Å². The van der Waals surface area contributed by atoms with Gasteiger partial charge >= 0.3 is 0 Å². The summed E-state index contributed by atoms with van der Waals surface area (Å²) in [6.45, 7) is 3.15. The summed E-state index contributed by atoms with van der Waals surface area (Å²) in [5.74, 6) is 0. The summed E-state index contributed by atoms with van der Waals surface area (Å²) >= 11 is 0. The number of fused-ring (bicyclic) bond motifs is 1. The van der Waals surface area contributed by atoms with Crippen molar-refractivity contribution in [1.29, 1.82) is 0 Å². The normalized spacial score (nSPS) is 35.4. The standard InChI is InChI=1S/C8H15NO/c1-2-5-9-7-10-6-4-8(9)3-1/h8H,1-7H2/t8-/m0/s1. The van der Waals surface area contributed by atoms with Gasteiger partial charge in [0.15, 0.2) is 0 Å². The molecular formula is C8H15NO. The molecule has 2 aliphatic rings. The zero-order valence-corrected chi connectivity index (χ0v) is 6.38. The Morgan fingerprint density at radius 2 is 2.20 bits per heavy atom. The molecule has 10 heavy (non-hydrogen) atoms. The Labute approximate surface area is 62.2 Å². The second kappa shape index (κ2) is 2.89. The van der Waals surface area contributed by atoms with Crippen molar-refractivity contribution < 1.29 is 4.74 Å². The summed E-state index contributed by atoms with van der Waals surface area (Å²) in [6, 6.07) is 0.863. The van der Waals surface area contributed by atoms with Crippen molar-refractivity contribution in [1.82, 2.24) is 4.90 Å². The fourth-order valence-electron chi connectivity index (χ4n) is 1.96. The van der Waals surface area contributed by atoms with E-state index in [0.717, 1.165) is 19.4 Å². The van der Waals surface area contributed by atoms with E-state index in [2.05, 4.69) is 4.90 Å². The van der Waals surface area contributed by atoms with E-state index in [1.165, 1.54) is 32.2 Å². The zero-order chi connectivity index (χ0) is 6.81. The molecule has 0 unspecified atom stereocenters. The van der Waals surface area contributed by atoms with Crippen LogP contribution in [0.2, 0.25) is 0 Å². The summed E-state index contributed by atoms with van der Waals surface area (Å²) in [5, 5.41) is 0. The molecular weight excluding hydrogens is 126 g/mol. The topological polar surface area (TPSA) is 12.5 Å². The molecule has 2 rings (SSSR count). The van der Waals surface area contributed by atoms with Gasteiger partial charge in [0.1, 0.15) is 0 Å². The Bertz CT molecular complexity index is 89.8. The molecule has 0 N–H and O–H groups in total. The van der Waals surface area contributed by atoms with Crippen molar-refractivity contribution in [3.8, 4) is 0 Å². The molecule has 2 heterocycles. The molecule has 0 spiro atoms. The third-order valence-corrected chi connectivity index (χ3v) is 2.60. The molecule has 2 nitrogen and oxygen atoms in total. The smallest absolute Gasteiger partial charge is 0.0992 e. The molecule has 2 saturated heterocycles. The second-order valence-electron chi connectivity index (χ2n) is 3.29. The largest absolute Gasteiger partial charge is 0.366 e. The lowest BCUT2D eigenvalue weighted by atomic mass is 10.00. The summed E-state index contributed by atoms with van der Waals surface area (Å²) in [4.78, 5) is 2.48. The number of hydrogen-bond acceptors (Lipinski definition) is 2. The van der Waals surface area contributed by atoms with Gasteiger partial charge in [0.05, 0.1) is 6.73 Å². The summed E-state index contributed by atoms with van der Waals surface area (Å²) in [6.07, 6.45) is 5.48. The van der Waals surface area contributed by atoms with E-state index in [1.807, 2.05) is 0 Å². The van der Waals surface area contributed by atoms with E-state index >= 15 is 0 Å². The van der Waals surface area contributed by atoms with E-state index in [0.29, 0.717) is 0 Å². The maximum atomic E-state index is 5.36. The number of ether oxygens (including phenoxy) is 1. The predicted molar refractivity (Wildman–Crippen MR) is 39.8 cm³/mol. The van der Waals surface area contributed by atoms with Crippen LogP contribution in [0.4, 0.5) is 0 Å². The van der Waals surface area contributed by atoms with Gasteiger partial charge in [-0.1, -0.05) is 6.42 Å². The first-order valence-corrected chi connectivity index (χ1v) is 4.28. The highest BCUT2D eigenvalue weighted by Crippen LogP contribution is 2.21. The number of piperidine rings is 1. The molecule has 0 radical (unpaired) electrons. The minimum absolute atomic E-state index is 0.863. The van der Waals surface area contributed by atoms with Gasteiger partial charge in [0.25, 0.3) is 0 Å². The molecule has 0 amide bonds. The summed E-state index contributed by atoms with van der Waals surface area (Å²) in [5.41, 5.74) is 0. The fraction of sp³-hybridized carbons (Fsp3) is 1.00. The molecule has 0 aromatic heterocycles. The van der Waals surface area contributed by atoms with Gasteiger partial charge in [0, 0.05) is 19.2 Å². The maximum Gasteiger partial charge on any atom is 0.0992 e. The van der Waals surface area contributed by atoms with E-state index in [-0.39, 0.29) is 0 Å². The molecule has 2 fully saturated rings. The molecule has 2 aliphatic heterocycles. The quantitative estimate of drug-likeness (QED) is 0.503. The van der Waals surface area contributed by atoms with Crippen LogP contribution in [0.25, 0.3) is 0 Å². The molecule has 0 aliphatic carbocycles. The Balaban J connectivity index is 1.93. The van der Waals surface area contributed by atoms with E-state index in [4.69, 9.17) is 4.74 Å². The van der Waals surface area contributed by atoms with Crippen molar-refractivity contribution in [3.05, 3.63) is 0 Å². The van der Waals surface area contributed by atoms with Crippen LogP contribution in [-0.4, -0.2) is 30.8 Å². The van der Waals surface area contributed by atoms with Crippen LogP contribution in [0.5, 0.6) is 0 Å². The van der Waals surface area contributed by atoms with Gasteiger partial charge < -0.3 is 4.74 Å². The average molecular weight is 141 g/mol. The first-order chi connectivity index (χ1) is 4.97. The molecule has 2 heteroatoms. The summed E-state index contributed by atoms with van der Waals surface area (Å²) in [7, 11) is 0. The average Bonchev–Trinajstić information content (AvgIpc) is 2.05. The fourth-order valence-corrected chi connectivity index (χ4v) is 1.96. The number of rotatable bonds is 0. The number of hydrogen-bond donors (Lipinski definition) is 0. The van der Waals surface area contributed by atoms with Crippen LogP contribution >= 0.6 is 0 Å².